The second-order valence-electron chi connectivity index (χ2n) is 1.99. The molecule has 1 aromatic rings. The van der Waals surface area contributed by atoms with Gasteiger partial charge >= 0.3 is 0 Å². The lowest BCUT2D eigenvalue weighted by atomic mass is 10.2. The lowest BCUT2D eigenvalue weighted by molar-refractivity contribution is 1.27. The fourth-order valence-corrected chi connectivity index (χ4v) is 0.648. The molecule has 12 heavy (non-hydrogen) atoms. The Hall–Kier alpha value is -1.60. The van der Waals surface area contributed by atoms with Gasteiger partial charge < -0.3 is 5.73 Å². The van der Waals surface area contributed by atoms with Crippen molar-refractivity contribution in [2.75, 3.05) is 0 Å². The molecule has 0 amide bonds. The normalized spacial score (nSPS) is 7.92. The van der Waals surface area contributed by atoms with Crippen LogP contribution in [0.1, 0.15) is 11.1 Å². The van der Waals surface area contributed by atoms with Crippen LogP contribution >= 0.6 is 12.4 Å². The van der Waals surface area contributed by atoms with Crippen molar-refractivity contribution in [2.45, 2.75) is 0 Å². The zero-order valence-electron chi connectivity index (χ0n) is 6.11. The summed E-state index contributed by atoms with van der Waals surface area (Å²) in [6, 6.07) is 3.43. The summed E-state index contributed by atoms with van der Waals surface area (Å²) in [5.41, 5.74) is 6.06. The Bertz CT molecular complexity index is 328. The fourth-order valence-electron chi connectivity index (χ4n) is 0.648. The van der Waals surface area contributed by atoms with Crippen LogP contribution in [0, 0.1) is 16.7 Å². The van der Waals surface area contributed by atoms with E-state index in [1.807, 2.05) is 6.07 Å². The molecule has 0 unspecified atom stereocenters. The first kappa shape index (κ1) is 10.4. The van der Waals surface area contributed by atoms with E-state index in [2.05, 4.69) is 4.98 Å². The number of nitriles is 1. The summed E-state index contributed by atoms with van der Waals surface area (Å²) in [6.07, 6.45) is 2.87. The van der Waals surface area contributed by atoms with Crippen LogP contribution in [0.25, 0.3) is 0 Å². The van der Waals surface area contributed by atoms with E-state index < -0.39 is 0 Å². The van der Waals surface area contributed by atoms with Crippen LogP contribution in [0.5, 0.6) is 0 Å². The number of nitrogen functional groups attached to an aromatic ring is 1. The van der Waals surface area contributed by atoms with Gasteiger partial charge in [0, 0.05) is 18.0 Å². The van der Waals surface area contributed by atoms with Gasteiger partial charge in [-0.3, -0.25) is 10.4 Å². The molecule has 0 fully saturated rings. The van der Waals surface area contributed by atoms with E-state index in [1.54, 1.807) is 0 Å². The summed E-state index contributed by atoms with van der Waals surface area (Å²) >= 11 is 0. The predicted octanol–water partition coefficient (Wildman–Crippen LogP) is 0.659. The molecule has 0 radical (unpaired) electrons. The number of pyridine rings is 1. The molecular weight excluding hydrogens is 176 g/mol. The predicted molar refractivity (Wildman–Crippen MR) is 47.2 cm³/mol. The average Bonchev–Trinajstić information content (AvgIpc) is 2.05. The minimum Gasteiger partial charge on any atom is -0.384 e. The van der Waals surface area contributed by atoms with Crippen LogP contribution in [0.15, 0.2) is 18.5 Å². The molecule has 0 aliphatic heterocycles. The van der Waals surface area contributed by atoms with Gasteiger partial charge in [0.05, 0.1) is 5.56 Å². The minimum atomic E-state index is -0.0744. The van der Waals surface area contributed by atoms with Crippen LogP contribution in [0.2, 0.25) is 0 Å². The summed E-state index contributed by atoms with van der Waals surface area (Å²) in [7, 11) is 0. The molecule has 0 aliphatic rings. The third-order valence-electron chi connectivity index (χ3n) is 1.18. The summed E-state index contributed by atoms with van der Waals surface area (Å²) in [4.78, 5) is 3.73. The molecule has 3 N–H and O–H groups in total. The summed E-state index contributed by atoms with van der Waals surface area (Å²) in [6.45, 7) is 0. The second kappa shape index (κ2) is 4.31. The Morgan fingerprint density at radius 2 is 2.25 bits per heavy atom. The highest BCUT2D eigenvalue weighted by Crippen LogP contribution is 1.99. The van der Waals surface area contributed by atoms with Crippen molar-refractivity contribution in [3.8, 4) is 6.07 Å². The third kappa shape index (κ3) is 2.22. The van der Waals surface area contributed by atoms with E-state index in [0.717, 1.165) is 0 Å². The number of halogens is 1. The monoisotopic (exact) mass is 182 g/mol. The molecule has 0 saturated heterocycles. The van der Waals surface area contributed by atoms with E-state index >= 15 is 0 Å². The smallest absolute Gasteiger partial charge is 0.124 e. The van der Waals surface area contributed by atoms with Crippen LogP contribution in [0.3, 0.4) is 0 Å². The molecule has 4 nitrogen and oxygen atoms in total. The number of nitrogens with one attached hydrogen (secondary N) is 1. The number of nitrogens with two attached hydrogens (primary N) is 1. The van der Waals surface area contributed by atoms with Gasteiger partial charge in [0.25, 0.3) is 0 Å². The van der Waals surface area contributed by atoms with Crippen LogP contribution in [0.4, 0.5) is 0 Å². The molecule has 0 atom stereocenters. The lowest BCUT2D eigenvalue weighted by Crippen LogP contribution is -2.11. The van der Waals surface area contributed by atoms with Gasteiger partial charge in [-0.05, 0) is 6.07 Å². The maximum absolute atomic E-state index is 8.44. The molecular formula is C7H7ClN4. The van der Waals surface area contributed by atoms with Crippen molar-refractivity contribution in [1.82, 2.24) is 4.98 Å². The minimum absolute atomic E-state index is 0. The molecule has 0 bridgehead atoms. The Morgan fingerprint density at radius 1 is 1.58 bits per heavy atom. The molecule has 0 spiro atoms. The first-order chi connectivity index (χ1) is 5.24. The van der Waals surface area contributed by atoms with Gasteiger partial charge in [-0.2, -0.15) is 5.26 Å². The first-order valence-electron chi connectivity index (χ1n) is 2.93. The van der Waals surface area contributed by atoms with Gasteiger partial charge in [-0.15, -0.1) is 12.4 Å². The Balaban J connectivity index is 0.00000121. The number of hydrogen-bond acceptors (Lipinski definition) is 3. The van der Waals surface area contributed by atoms with Crippen molar-refractivity contribution < 1.29 is 0 Å². The Labute approximate surface area is 76.0 Å². The van der Waals surface area contributed by atoms with Crippen molar-refractivity contribution in [1.29, 1.82) is 10.7 Å². The first-order valence-corrected chi connectivity index (χ1v) is 2.93. The van der Waals surface area contributed by atoms with Crippen LogP contribution < -0.4 is 5.73 Å². The SMILES string of the molecule is Cl.N#Cc1cncc(C(=N)N)c1. The van der Waals surface area contributed by atoms with Crippen LogP contribution in [-0.2, 0) is 0 Å². The standard InChI is InChI=1S/C7H6N4.ClH/c8-2-5-1-6(7(9)10)4-11-3-5;/h1,3-4H,(H3,9,10);1H. The topological polar surface area (TPSA) is 86.5 Å². The molecule has 0 aromatic carbocycles. The number of nitrogens with zero attached hydrogens (tertiary/aromatic N) is 2. The average molecular weight is 183 g/mol. The van der Waals surface area contributed by atoms with Crippen molar-refractivity contribution in [3.63, 3.8) is 0 Å². The van der Waals surface area contributed by atoms with Crippen molar-refractivity contribution in [3.05, 3.63) is 29.6 Å². The highest BCUT2D eigenvalue weighted by molar-refractivity contribution is 5.94. The van der Waals surface area contributed by atoms with Gasteiger partial charge in [-0.25, -0.2) is 0 Å². The van der Waals surface area contributed by atoms with E-state index in [4.69, 9.17) is 16.4 Å². The lowest BCUT2D eigenvalue weighted by Gasteiger charge is -1.95. The number of amidine groups is 1. The zero-order chi connectivity index (χ0) is 8.27. The maximum atomic E-state index is 8.44. The molecule has 0 aliphatic carbocycles. The van der Waals surface area contributed by atoms with E-state index in [9.17, 15) is 0 Å². The molecule has 1 heterocycles. The van der Waals surface area contributed by atoms with Gasteiger partial charge in [-0.1, -0.05) is 0 Å². The molecule has 5 heteroatoms. The quantitative estimate of drug-likeness (QED) is 0.494. The maximum Gasteiger partial charge on any atom is 0.124 e. The van der Waals surface area contributed by atoms with Crippen molar-refractivity contribution >= 4 is 18.2 Å². The second-order valence-corrected chi connectivity index (χ2v) is 1.99. The Morgan fingerprint density at radius 3 is 2.75 bits per heavy atom. The van der Waals surface area contributed by atoms with Gasteiger partial charge in [0.1, 0.15) is 11.9 Å². The number of rotatable bonds is 1. The van der Waals surface area contributed by atoms with Crippen molar-refractivity contribution in [2.24, 2.45) is 5.73 Å². The molecule has 1 aromatic heterocycles. The largest absolute Gasteiger partial charge is 0.384 e. The van der Waals surface area contributed by atoms with E-state index in [1.165, 1.54) is 18.5 Å². The Kier molecular flexibility index (Phi) is 3.74. The number of hydrogen-bond donors (Lipinski definition) is 2. The number of aromatic nitrogens is 1. The fraction of sp³-hybridized carbons (Fsp3) is 0. The van der Waals surface area contributed by atoms with Crippen LogP contribution in [-0.4, -0.2) is 10.8 Å². The van der Waals surface area contributed by atoms with E-state index in [0.29, 0.717) is 11.1 Å². The molecule has 1 rings (SSSR count). The summed E-state index contributed by atoms with van der Waals surface area (Å²) in [5.74, 6) is -0.0744. The zero-order valence-corrected chi connectivity index (χ0v) is 6.93. The molecule has 62 valence electrons. The van der Waals surface area contributed by atoms with Gasteiger partial charge in [0.2, 0.25) is 0 Å². The molecule has 0 saturated carbocycles. The van der Waals surface area contributed by atoms with E-state index in [-0.39, 0.29) is 18.2 Å². The highest BCUT2D eigenvalue weighted by atomic mass is 35.5. The highest BCUT2D eigenvalue weighted by Gasteiger charge is 1.96. The van der Waals surface area contributed by atoms with Gasteiger partial charge in [0.15, 0.2) is 0 Å². The third-order valence-corrected chi connectivity index (χ3v) is 1.18. The summed E-state index contributed by atoms with van der Waals surface area (Å²) in [5, 5.41) is 15.5. The summed E-state index contributed by atoms with van der Waals surface area (Å²) < 4.78 is 0.